The summed E-state index contributed by atoms with van der Waals surface area (Å²) in [5.74, 6) is -0.929. The van der Waals surface area contributed by atoms with Crippen molar-refractivity contribution in [1.29, 1.82) is 0 Å². The maximum atomic E-state index is 12.4. The molecule has 1 unspecified atom stereocenters. The SMILES string of the molecule is CCCCCS(=O)(=O)N(CCOC)CCN1CCC(C(=O)O)C1. The molecule has 0 saturated carbocycles. The molecule has 23 heavy (non-hydrogen) atoms. The normalized spacial score (nSPS) is 19.5. The number of hydrogen-bond donors (Lipinski definition) is 1. The molecule has 0 aromatic heterocycles. The van der Waals surface area contributed by atoms with E-state index in [-0.39, 0.29) is 11.7 Å². The lowest BCUT2D eigenvalue weighted by Crippen LogP contribution is -2.41. The number of hydrogen-bond acceptors (Lipinski definition) is 5. The third-order valence-electron chi connectivity index (χ3n) is 4.23. The molecule has 0 radical (unpaired) electrons. The summed E-state index contributed by atoms with van der Waals surface area (Å²) in [5.41, 5.74) is 0. The predicted molar refractivity (Wildman–Crippen MR) is 88.9 cm³/mol. The smallest absolute Gasteiger partial charge is 0.307 e. The number of likely N-dealkylation sites (tertiary alicyclic amines) is 1. The Morgan fingerprint density at radius 2 is 2.09 bits per heavy atom. The third kappa shape index (κ3) is 7.15. The van der Waals surface area contributed by atoms with Gasteiger partial charge in [-0.2, -0.15) is 4.31 Å². The number of nitrogens with zero attached hydrogens (tertiary/aromatic N) is 2. The second-order valence-electron chi connectivity index (χ2n) is 6.04. The van der Waals surface area contributed by atoms with Gasteiger partial charge in [-0.3, -0.25) is 4.79 Å². The highest BCUT2D eigenvalue weighted by Gasteiger charge is 2.29. The zero-order valence-electron chi connectivity index (χ0n) is 14.2. The number of ether oxygens (including phenoxy) is 1. The van der Waals surface area contributed by atoms with Gasteiger partial charge in [0.25, 0.3) is 0 Å². The van der Waals surface area contributed by atoms with Gasteiger partial charge in [-0.15, -0.1) is 0 Å². The van der Waals surface area contributed by atoms with E-state index in [1.165, 1.54) is 4.31 Å². The Labute approximate surface area is 139 Å². The average Bonchev–Trinajstić information content (AvgIpc) is 2.96. The van der Waals surface area contributed by atoms with Gasteiger partial charge in [0.2, 0.25) is 10.0 Å². The number of methoxy groups -OCH3 is 1. The first-order chi connectivity index (χ1) is 10.9. The number of carbonyl (C=O) groups is 1. The van der Waals surface area contributed by atoms with Crippen LogP contribution < -0.4 is 0 Å². The van der Waals surface area contributed by atoms with Crippen molar-refractivity contribution in [3.63, 3.8) is 0 Å². The summed E-state index contributed by atoms with van der Waals surface area (Å²) >= 11 is 0. The lowest BCUT2D eigenvalue weighted by molar-refractivity contribution is -0.141. The number of sulfonamides is 1. The van der Waals surface area contributed by atoms with Gasteiger partial charge in [0.05, 0.1) is 18.3 Å². The van der Waals surface area contributed by atoms with E-state index in [0.717, 1.165) is 12.8 Å². The van der Waals surface area contributed by atoms with E-state index in [1.807, 2.05) is 11.8 Å². The minimum absolute atomic E-state index is 0.169. The first-order valence-corrected chi connectivity index (χ1v) is 9.93. The van der Waals surface area contributed by atoms with Crippen LogP contribution in [0.3, 0.4) is 0 Å². The van der Waals surface area contributed by atoms with Crippen molar-refractivity contribution in [2.45, 2.75) is 32.6 Å². The summed E-state index contributed by atoms with van der Waals surface area (Å²) in [6.45, 7) is 4.94. The average molecular weight is 350 g/mol. The summed E-state index contributed by atoms with van der Waals surface area (Å²) in [5, 5.41) is 9.02. The van der Waals surface area contributed by atoms with E-state index in [9.17, 15) is 13.2 Å². The summed E-state index contributed by atoms with van der Waals surface area (Å²) in [6.07, 6.45) is 3.20. The van der Waals surface area contributed by atoms with Gasteiger partial charge in [-0.05, 0) is 19.4 Å². The van der Waals surface area contributed by atoms with Crippen LogP contribution in [0, 0.1) is 5.92 Å². The molecule has 1 N–H and O–H groups in total. The molecule has 7 nitrogen and oxygen atoms in total. The Morgan fingerprint density at radius 1 is 1.35 bits per heavy atom. The number of aliphatic carboxylic acids is 1. The zero-order valence-corrected chi connectivity index (χ0v) is 15.1. The van der Waals surface area contributed by atoms with Crippen LogP contribution in [0.4, 0.5) is 0 Å². The van der Waals surface area contributed by atoms with Gasteiger partial charge >= 0.3 is 5.97 Å². The molecule has 1 heterocycles. The summed E-state index contributed by atoms with van der Waals surface area (Å²) in [6, 6.07) is 0. The fraction of sp³-hybridized carbons (Fsp3) is 0.933. The number of carboxylic acids is 1. The molecule has 8 heteroatoms. The fourth-order valence-electron chi connectivity index (χ4n) is 2.74. The molecule has 0 aliphatic carbocycles. The van der Waals surface area contributed by atoms with Crippen LogP contribution in [0.15, 0.2) is 0 Å². The van der Waals surface area contributed by atoms with E-state index in [1.54, 1.807) is 7.11 Å². The fourth-order valence-corrected chi connectivity index (χ4v) is 4.28. The number of unbranched alkanes of at least 4 members (excludes halogenated alkanes) is 2. The molecular weight excluding hydrogens is 320 g/mol. The molecule has 0 amide bonds. The summed E-state index contributed by atoms with van der Waals surface area (Å²) < 4.78 is 31.4. The maximum absolute atomic E-state index is 12.4. The van der Waals surface area contributed by atoms with Gasteiger partial charge in [-0.25, -0.2) is 8.42 Å². The first kappa shape index (κ1) is 20.3. The van der Waals surface area contributed by atoms with E-state index < -0.39 is 16.0 Å². The van der Waals surface area contributed by atoms with Crippen LogP contribution in [-0.4, -0.2) is 80.9 Å². The maximum Gasteiger partial charge on any atom is 0.307 e. The van der Waals surface area contributed by atoms with Gasteiger partial charge < -0.3 is 14.7 Å². The predicted octanol–water partition coefficient (Wildman–Crippen LogP) is 0.861. The van der Waals surface area contributed by atoms with Crippen molar-refractivity contribution < 1.29 is 23.1 Å². The van der Waals surface area contributed by atoms with E-state index in [4.69, 9.17) is 9.84 Å². The molecule has 0 spiro atoms. The summed E-state index contributed by atoms with van der Waals surface area (Å²) in [4.78, 5) is 13.0. The lowest BCUT2D eigenvalue weighted by atomic mass is 10.1. The highest BCUT2D eigenvalue weighted by molar-refractivity contribution is 7.89. The third-order valence-corrected chi connectivity index (χ3v) is 6.19. The molecule has 1 saturated heterocycles. The molecule has 1 rings (SSSR count). The topological polar surface area (TPSA) is 87.2 Å². The Bertz CT molecular complexity index is 455. The second-order valence-corrected chi connectivity index (χ2v) is 8.13. The second kappa shape index (κ2) is 10.2. The monoisotopic (exact) mass is 350 g/mol. The molecule has 1 aliphatic heterocycles. The van der Waals surface area contributed by atoms with Crippen molar-refractivity contribution in [2.24, 2.45) is 5.92 Å². The Hall–Kier alpha value is -0.700. The van der Waals surface area contributed by atoms with E-state index >= 15 is 0 Å². The summed E-state index contributed by atoms with van der Waals surface area (Å²) in [7, 11) is -1.72. The molecule has 136 valence electrons. The van der Waals surface area contributed by atoms with Crippen molar-refractivity contribution in [2.75, 3.05) is 52.2 Å². The lowest BCUT2D eigenvalue weighted by Gasteiger charge is -2.24. The van der Waals surface area contributed by atoms with Crippen LogP contribution >= 0.6 is 0 Å². The molecular formula is C15H30N2O5S. The van der Waals surface area contributed by atoms with Crippen LogP contribution in [0.2, 0.25) is 0 Å². The van der Waals surface area contributed by atoms with Crippen LogP contribution in [0.25, 0.3) is 0 Å². The number of carboxylic acid groups (broad SMARTS) is 1. The minimum atomic E-state index is -3.28. The molecule has 1 atom stereocenters. The quantitative estimate of drug-likeness (QED) is 0.525. The van der Waals surface area contributed by atoms with Crippen LogP contribution in [-0.2, 0) is 19.6 Å². The van der Waals surface area contributed by atoms with Gasteiger partial charge in [-0.1, -0.05) is 19.8 Å². The largest absolute Gasteiger partial charge is 0.481 e. The van der Waals surface area contributed by atoms with Crippen molar-refractivity contribution in [1.82, 2.24) is 9.21 Å². The van der Waals surface area contributed by atoms with Gasteiger partial charge in [0, 0.05) is 33.3 Å². The standard InChI is InChI=1S/C15H30N2O5S/c1-3-4-5-12-23(20,21)17(10-11-22-2)9-8-16-7-6-14(13-16)15(18)19/h14H,3-13H2,1-2H3,(H,18,19). The van der Waals surface area contributed by atoms with Crippen molar-refractivity contribution >= 4 is 16.0 Å². The van der Waals surface area contributed by atoms with Crippen molar-refractivity contribution in [3.8, 4) is 0 Å². The van der Waals surface area contributed by atoms with Gasteiger partial charge in [0.15, 0.2) is 0 Å². The zero-order chi connectivity index (χ0) is 17.3. The molecule has 0 bridgehead atoms. The molecule has 0 aromatic carbocycles. The Morgan fingerprint density at radius 3 is 2.65 bits per heavy atom. The molecule has 0 aromatic rings. The number of rotatable bonds is 12. The minimum Gasteiger partial charge on any atom is -0.481 e. The van der Waals surface area contributed by atoms with Crippen LogP contribution in [0.1, 0.15) is 32.6 Å². The van der Waals surface area contributed by atoms with E-state index in [2.05, 4.69) is 0 Å². The van der Waals surface area contributed by atoms with Gasteiger partial charge in [0.1, 0.15) is 0 Å². The van der Waals surface area contributed by atoms with Crippen LogP contribution in [0.5, 0.6) is 0 Å². The first-order valence-electron chi connectivity index (χ1n) is 8.32. The Kier molecular flexibility index (Phi) is 9.04. The highest BCUT2D eigenvalue weighted by Crippen LogP contribution is 2.16. The highest BCUT2D eigenvalue weighted by atomic mass is 32.2. The molecule has 1 aliphatic rings. The Balaban J connectivity index is 2.52. The molecule has 1 fully saturated rings. The van der Waals surface area contributed by atoms with Crippen molar-refractivity contribution in [3.05, 3.63) is 0 Å². The van der Waals surface area contributed by atoms with E-state index in [0.29, 0.717) is 52.2 Å².